The third-order valence-corrected chi connectivity index (χ3v) is 12.9. The van der Waals surface area contributed by atoms with Crippen LogP contribution in [-0.4, -0.2) is 65.6 Å². The number of fused-ring (bicyclic) bond motifs is 4. The van der Waals surface area contributed by atoms with E-state index in [1.54, 1.807) is 0 Å². The van der Waals surface area contributed by atoms with E-state index in [4.69, 9.17) is 48.0 Å². The molecule has 0 amide bonds. The molecule has 2 spiro atoms. The molecule has 0 aromatic carbocycles. The molecule has 0 unspecified atom stereocenters. The molecule has 44 heavy (non-hydrogen) atoms. The van der Waals surface area contributed by atoms with Gasteiger partial charge in [0.2, 0.25) is 17.9 Å². The summed E-state index contributed by atoms with van der Waals surface area (Å²) in [5.74, 6) is -0.163. The quantitative estimate of drug-likeness (QED) is 0.146. The molecule has 16 atom stereocenters. The Morgan fingerprint density at radius 2 is 1.18 bits per heavy atom. The molecule has 0 radical (unpaired) electrons. The van der Waals surface area contributed by atoms with Crippen LogP contribution in [0.15, 0.2) is 5.16 Å². The summed E-state index contributed by atoms with van der Waals surface area (Å²) in [5.41, 5.74) is -1.37. The Labute approximate surface area is 259 Å². The molecule has 0 aromatic heterocycles. The van der Waals surface area contributed by atoms with E-state index in [1.807, 2.05) is 13.8 Å². The normalized spacial score (nSPS) is 58.0. The summed E-state index contributed by atoms with van der Waals surface area (Å²) in [6.45, 7) is 12.5. The summed E-state index contributed by atoms with van der Waals surface area (Å²) in [5, 5.41) is 13.5. The van der Waals surface area contributed by atoms with Gasteiger partial charge in [-0.2, -0.15) is 0 Å². The summed E-state index contributed by atoms with van der Waals surface area (Å²) in [6, 6.07) is 0. The van der Waals surface area contributed by atoms with Crippen LogP contribution in [0.25, 0.3) is 0 Å². The molecule has 2 aliphatic carbocycles. The summed E-state index contributed by atoms with van der Waals surface area (Å²) in [4.78, 5) is 24.3. The van der Waals surface area contributed by atoms with Crippen molar-refractivity contribution < 1.29 is 53.2 Å². The first-order chi connectivity index (χ1) is 21.0. The Kier molecular flexibility index (Phi) is 7.19. The maximum absolute atomic E-state index is 10.0. The third-order valence-electron chi connectivity index (χ3n) is 12.9. The van der Waals surface area contributed by atoms with E-state index in [2.05, 4.69) is 32.9 Å². The fraction of sp³-hybridized carbons (Fsp3) is 0.969. The van der Waals surface area contributed by atoms with Crippen molar-refractivity contribution in [1.82, 2.24) is 0 Å². The van der Waals surface area contributed by atoms with E-state index >= 15 is 0 Å². The van der Waals surface area contributed by atoms with Crippen molar-refractivity contribution in [3.63, 3.8) is 0 Å². The van der Waals surface area contributed by atoms with Gasteiger partial charge in [-0.15, -0.1) is 0 Å². The van der Waals surface area contributed by atoms with Crippen molar-refractivity contribution in [2.75, 3.05) is 6.61 Å². The van der Waals surface area contributed by atoms with Crippen LogP contribution in [0, 0.1) is 47.3 Å². The van der Waals surface area contributed by atoms with Gasteiger partial charge in [-0.1, -0.05) is 32.9 Å². The highest BCUT2D eigenvalue weighted by Gasteiger charge is 2.71. The molecular formula is C32H49NO11. The minimum Gasteiger partial charge on any atom is -0.447 e. The molecule has 2 saturated carbocycles. The van der Waals surface area contributed by atoms with Gasteiger partial charge in [0, 0.05) is 36.5 Å². The standard InChI is InChI=1S/C32H49NO11/c1-16-7-9-22-18(3)25(37-27-31(22)20(16)11-13-29(5,39-27)41-43-31)35-15-24(33-34)36-26-19(4)23-10-8-17(2)21-12-14-30(6)40-28(38-26)32(21,23)44-42-30/h16-23,25-28,34H,7-15H2,1-6H3/b33-24+/t16-,17-,18-,19-,20+,21+,22+,23+,25+,26+,27-,28-,29-,30-,31-,32-/m1/s1. The topological polar surface area (TPSA) is 125 Å². The van der Waals surface area contributed by atoms with Gasteiger partial charge in [0.1, 0.15) is 6.61 Å². The van der Waals surface area contributed by atoms with Gasteiger partial charge in [-0.3, -0.25) is 0 Å². The highest BCUT2D eigenvalue weighted by molar-refractivity contribution is 5.76. The zero-order valence-corrected chi connectivity index (χ0v) is 26.8. The van der Waals surface area contributed by atoms with Crippen molar-refractivity contribution in [1.29, 1.82) is 0 Å². The van der Waals surface area contributed by atoms with Crippen LogP contribution in [0.4, 0.5) is 0 Å². The lowest BCUT2D eigenvalue weighted by atomic mass is 9.58. The van der Waals surface area contributed by atoms with E-state index < -0.39 is 47.9 Å². The first kappa shape index (κ1) is 30.3. The molecular weight excluding hydrogens is 574 g/mol. The number of hydrogen-bond donors (Lipinski definition) is 1. The summed E-state index contributed by atoms with van der Waals surface area (Å²) >= 11 is 0. The molecule has 10 rings (SSSR count). The molecule has 8 heterocycles. The Hall–Kier alpha value is -1.09. The van der Waals surface area contributed by atoms with Gasteiger partial charge < -0.3 is 33.6 Å². The molecule has 10 fully saturated rings. The van der Waals surface area contributed by atoms with Gasteiger partial charge in [-0.05, 0) is 76.0 Å². The number of oxime groups is 1. The highest BCUT2D eigenvalue weighted by atomic mass is 17.3. The lowest BCUT2D eigenvalue weighted by Crippen LogP contribution is -2.70. The molecule has 1 N–H and O–H groups in total. The van der Waals surface area contributed by atoms with Crippen molar-refractivity contribution in [2.24, 2.45) is 52.5 Å². The molecule has 10 aliphatic rings. The van der Waals surface area contributed by atoms with Crippen molar-refractivity contribution >= 4 is 5.90 Å². The average Bonchev–Trinajstić information content (AvgIpc) is 3.37. The molecule has 12 heteroatoms. The van der Waals surface area contributed by atoms with Gasteiger partial charge in [-0.25, -0.2) is 19.6 Å². The van der Waals surface area contributed by atoms with Crippen LogP contribution < -0.4 is 0 Å². The molecule has 0 aromatic rings. The lowest BCUT2D eigenvalue weighted by Gasteiger charge is -2.60. The van der Waals surface area contributed by atoms with Crippen LogP contribution in [0.2, 0.25) is 0 Å². The van der Waals surface area contributed by atoms with Crippen molar-refractivity contribution in [2.45, 2.75) is 141 Å². The zero-order valence-electron chi connectivity index (χ0n) is 26.8. The Balaban J connectivity index is 0.978. The molecule has 12 nitrogen and oxygen atoms in total. The molecule has 4 bridgehead atoms. The fourth-order valence-electron chi connectivity index (χ4n) is 10.4. The monoisotopic (exact) mass is 623 g/mol. The largest absolute Gasteiger partial charge is 0.447 e. The summed E-state index contributed by atoms with van der Waals surface area (Å²) < 4.78 is 38.5. The summed E-state index contributed by atoms with van der Waals surface area (Å²) in [6.07, 6.45) is 4.86. The SMILES string of the molecule is C[C@H]1[C@@H](OC/C(=N\O)O[C@H]2O[C@@H]3O[C@@]4(C)CC[C@H]5[C@H](C)CC[C@@H]([C@H]2C)[C@@]35OO4)O[C@@H]2O[C@@]3(C)CC[C@H]4[C@H](C)CC[C@@H]1[C@@]24OO3. The van der Waals surface area contributed by atoms with E-state index in [1.165, 1.54) is 0 Å². The van der Waals surface area contributed by atoms with E-state index in [0.29, 0.717) is 11.8 Å². The second-order valence-corrected chi connectivity index (χ2v) is 15.5. The zero-order chi connectivity index (χ0) is 30.6. The lowest BCUT2D eigenvalue weighted by molar-refractivity contribution is -0.577. The van der Waals surface area contributed by atoms with E-state index in [0.717, 1.165) is 51.4 Å². The Morgan fingerprint density at radius 3 is 1.70 bits per heavy atom. The molecule has 8 aliphatic heterocycles. The maximum Gasteiger partial charge on any atom is 0.254 e. The van der Waals surface area contributed by atoms with Gasteiger partial charge in [0.15, 0.2) is 30.1 Å². The van der Waals surface area contributed by atoms with E-state index in [-0.39, 0.29) is 48.0 Å². The van der Waals surface area contributed by atoms with Crippen LogP contribution >= 0.6 is 0 Å². The minimum atomic E-state index is -0.882. The second-order valence-electron chi connectivity index (χ2n) is 15.5. The smallest absolute Gasteiger partial charge is 0.254 e. The van der Waals surface area contributed by atoms with E-state index in [9.17, 15) is 5.21 Å². The predicted molar refractivity (Wildman–Crippen MR) is 150 cm³/mol. The van der Waals surface area contributed by atoms with Crippen LogP contribution in [0.3, 0.4) is 0 Å². The van der Waals surface area contributed by atoms with Gasteiger partial charge in [0.05, 0.1) is 0 Å². The number of hydrogen-bond acceptors (Lipinski definition) is 12. The maximum atomic E-state index is 10.0. The third kappa shape index (κ3) is 4.24. The Bertz CT molecular complexity index is 1160. The predicted octanol–water partition coefficient (Wildman–Crippen LogP) is 5.22. The van der Waals surface area contributed by atoms with Crippen molar-refractivity contribution in [3.05, 3.63) is 0 Å². The number of nitrogens with zero attached hydrogens (tertiary/aromatic N) is 1. The van der Waals surface area contributed by atoms with Crippen LogP contribution in [-0.2, 0) is 48.0 Å². The first-order valence-corrected chi connectivity index (χ1v) is 16.9. The van der Waals surface area contributed by atoms with Crippen LogP contribution in [0.5, 0.6) is 0 Å². The van der Waals surface area contributed by atoms with Gasteiger partial charge >= 0.3 is 0 Å². The average molecular weight is 624 g/mol. The molecule has 248 valence electrons. The number of ether oxygens (including phenoxy) is 6. The van der Waals surface area contributed by atoms with Crippen molar-refractivity contribution in [3.8, 4) is 0 Å². The highest BCUT2D eigenvalue weighted by Crippen LogP contribution is 2.62. The number of rotatable bonds is 4. The second kappa shape index (κ2) is 10.5. The summed E-state index contributed by atoms with van der Waals surface area (Å²) in [7, 11) is 0. The van der Waals surface area contributed by atoms with Gasteiger partial charge in [0.25, 0.3) is 5.90 Å². The first-order valence-electron chi connectivity index (χ1n) is 16.9. The van der Waals surface area contributed by atoms with Crippen LogP contribution in [0.1, 0.15) is 92.9 Å². The Morgan fingerprint density at radius 1 is 0.682 bits per heavy atom. The molecule has 8 saturated heterocycles. The fourth-order valence-corrected chi connectivity index (χ4v) is 10.4. The minimum absolute atomic E-state index is 0.0155.